The van der Waals surface area contributed by atoms with Crippen LogP contribution in [0.3, 0.4) is 0 Å². The summed E-state index contributed by atoms with van der Waals surface area (Å²) in [5.74, 6) is 1.65. The van der Waals surface area contributed by atoms with Crippen molar-refractivity contribution in [2.75, 3.05) is 0 Å². The lowest BCUT2D eigenvalue weighted by atomic mass is 10.3. The minimum Gasteiger partial charge on any atom is -0.484 e. The highest BCUT2D eigenvalue weighted by atomic mass is 16.5. The third-order valence-corrected chi connectivity index (χ3v) is 3.04. The van der Waals surface area contributed by atoms with Gasteiger partial charge in [-0.2, -0.15) is 4.98 Å². The molecule has 0 aliphatic rings. The average Bonchev–Trinajstić information content (AvgIpc) is 3.23. The fraction of sp³-hybridized carbons (Fsp3) is 0.312. The molecule has 1 aromatic carbocycles. The second-order valence-corrected chi connectivity index (χ2v) is 5.22. The van der Waals surface area contributed by atoms with Gasteiger partial charge in [0.2, 0.25) is 0 Å². The molecule has 0 saturated heterocycles. The van der Waals surface area contributed by atoms with Crippen LogP contribution < -0.4 is 4.74 Å². The minimum atomic E-state index is 0.124. The van der Waals surface area contributed by atoms with Crippen molar-refractivity contribution in [2.24, 2.45) is 0 Å². The van der Waals surface area contributed by atoms with Crippen molar-refractivity contribution in [3.63, 3.8) is 0 Å². The number of hydrogen-bond donors (Lipinski definition) is 0. The van der Waals surface area contributed by atoms with Crippen LogP contribution in [0.25, 0.3) is 5.69 Å². The van der Waals surface area contributed by atoms with Gasteiger partial charge in [0, 0.05) is 18.5 Å². The smallest absolute Gasteiger partial charge is 0.264 e. The van der Waals surface area contributed by atoms with Crippen LogP contribution in [0.2, 0.25) is 0 Å². The predicted molar refractivity (Wildman–Crippen MR) is 82.1 cm³/mol. The summed E-state index contributed by atoms with van der Waals surface area (Å²) in [5, 5.41) is 3.86. The maximum Gasteiger partial charge on any atom is 0.264 e. The van der Waals surface area contributed by atoms with Gasteiger partial charge in [-0.05, 0) is 26.0 Å². The molecule has 120 valence electrons. The molecule has 0 amide bonds. The van der Waals surface area contributed by atoms with Gasteiger partial charge in [0.15, 0.2) is 12.4 Å². The second kappa shape index (κ2) is 7.06. The molecule has 0 fully saturated rings. The summed E-state index contributed by atoms with van der Waals surface area (Å²) in [7, 11) is 0. The van der Waals surface area contributed by atoms with Crippen LogP contribution in [-0.4, -0.2) is 25.8 Å². The summed E-state index contributed by atoms with van der Waals surface area (Å²) in [6, 6.07) is 7.68. The highest BCUT2D eigenvalue weighted by Gasteiger charge is 2.08. The number of ether oxygens (including phenoxy) is 2. The molecule has 0 N–H and O–H groups in total. The van der Waals surface area contributed by atoms with Crippen molar-refractivity contribution in [3.05, 3.63) is 54.7 Å². The Morgan fingerprint density at radius 1 is 1.26 bits per heavy atom. The quantitative estimate of drug-likeness (QED) is 0.667. The normalized spacial score (nSPS) is 11.1. The van der Waals surface area contributed by atoms with Crippen molar-refractivity contribution in [1.82, 2.24) is 19.7 Å². The Bertz CT molecular complexity index is 737. The van der Waals surface area contributed by atoms with Gasteiger partial charge < -0.3 is 18.6 Å². The first-order valence-electron chi connectivity index (χ1n) is 7.35. The van der Waals surface area contributed by atoms with E-state index in [0.29, 0.717) is 18.3 Å². The van der Waals surface area contributed by atoms with Gasteiger partial charge in [-0.1, -0.05) is 11.2 Å². The number of nitrogens with zero attached hydrogens (tertiary/aromatic N) is 4. The van der Waals surface area contributed by atoms with E-state index in [1.54, 1.807) is 12.5 Å². The standard InChI is InChI=1S/C16H18N4O3/c1-12(2)21-9-15-18-16(23-19-15)10-22-14-5-3-4-13(8-14)20-7-6-17-11-20/h3-8,11-12H,9-10H2,1-2H3. The third-order valence-electron chi connectivity index (χ3n) is 3.04. The van der Waals surface area contributed by atoms with Crippen molar-refractivity contribution in [1.29, 1.82) is 0 Å². The van der Waals surface area contributed by atoms with Gasteiger partial charge in [0.25, 0.3) is 5.89 Å². The lowest BCUT2D eigenvalue weighted by Gasteiger charge is -2.06. The molecule has 23 heavy (non-hydrogen) atoms. The molecule has 0 aliphatic heterocycles. The largest absolute Gasteiger partial charge is 0.484 e. The zero-order valence-corrected chi connectivity index (χ0v) is 13.0. The molecule has 0 atom stereocenters. The molecule has 0 unspecified atom stereocenters. The first-order chi connectivity index (χ1) is 11.2. The Morgan fingerprint density at radius 3 is 2.96 bits per heavy atom. The average molecular weight is 314 g/mol. The molecule has 0 radical (unpaired) electrons. The molecule has 2 heterocycles. The topological polar surface area (TPSA) is 75.2 Å². The summed E-state index contributed by atoms with van der Waals surface area (Å²) in [6.45, 7) is 4.45. The lowest BCUT2D eigenvalue weighted by molar-refractivity contribution is 0.0601. The lowest BCUT2D eigenvalue weighted by Crippen LogP contribution is -2.03. The Morgan fingerprint density at radius 2 is 2.17 bits per heavy atom. The number of aromatic nitrogens is 4. The van der Waals surface area contributed by atoms with E-state index in [9.17, 15) is 0 Å². The molecule has 2 aromatic heterocycles. The van der Waals surface area contributed by atoms with E-state index in [1.165, 1.54) is 0 Å². The molecule has 7 nitrogen and oxygen atoms in total. The Hall–Kier alpha value is -2.67. The molecule has 0 saturated carbocycles. The zero-order valence-electron chi connectivity index (χ0n) is 13.0. The number of hydrogen-bond acceptors (Lipinski definition) is 6. The first-order valence-corrected chi connectivity index (χ1v) is 7.35. The Labute approximate surface area is 133 Å². The molecular formula is C16H18N4O3. The monoisotopic (exact) mass is 314 g/mol. The van der Waals surface area contributed by atoms with Gasteiger partial charge >= 0.3 is 0 Å². The van der Waals surface area contributed by atoms with Crippen LogP contribution in [-0.2, 0) is 18.0 Å². The van der Waals surface area contributed by atoms with Crippen LogP contribution in [0.15, 0.2) is 47.5 Å². The van der Waals surface area contributed by atoms with Crippen LogP contribution in [0.1, 0.15) is 25.6 Å². The van der Waals surface area contributed by atoms with E-state index < -0.39 is 0 Å². The molecular weight excluding hydrogens is 296 g/mol. The van der Waals surface area contributed by atoms with Gasteiger partial charge in [-0.25, -0.2) is 4.98 Å². The SMILES string of the molecule is CC(C)OCc1noc(COc2cccc(-n3ccnc3)c2)n1. The van der Waals surface area contributed by atoms with E-state index in [2.05, 4.69) is 15.1 Å². The maximum absolute atomic E-state index is 5.70. The zero-order chi connectivity index (χ0) is 16.1. The summed E-state index contributed by atoms with van der Waals surface area (Å²) >= 11 is 0. The number of benzene rings is 1. The fourth-order valence-electron chi connectivity index (χ4n) is 1.94. The van der Waals surface area contributed by atoms with Crippen molar-refractivity contribution < 1.29 is 14.0 Å². The van der Waals surface area contributed by atoms with E-state index in [-0.39, 0.29) is 12.7 Å². The van der Waals surface area contributed by atoms with E-state index in [4.69, 9.17) is 14.0 Å². The second-order valence-electron chi connectivity index (χ2n) is 5.22. The molecule has 0 spiro atoms. The molecule has 0 aliphatic carbocycles. The van der Waals surface area contributed by atoms with Crippen molar-refractivity contribution >= 4 is 0 Å². The van der Waals surface area contributed by atoms with Crippen LogP contribution in [0.5, 0.6) is 5.75 Å². The van der Waals surface area contributed by atoms with Gasteiger partial charge in [-0.15, -0.1) is 0 Å². The number of imidazole rings is 1. The van der Waals surface area contributed by atoms with Gasteiger partial charge in [0.05, 0.1) is 18.1 Å². The molecule has 3 rings (SSSR count). The summed E-state index contributed by atoms with van der Waals surface area (Å²) in [5.41, 5.74) is 0.969. The fourth-order valence-corrected chi connectivity index (χ4v) is 1.94. The highest BCUT2D eigenvalue weighted by Crippen LogP contribution is 2.17. The predicted octanol–water partition coefficient (Wildman–Crippen LogP) is 2.76. The van der Waals surface area contributed by atoms with E-state index >= 15 is 0 Å². The van der Waals surface area contributed by atoms with Crippen LogP contribution in [0, 0.1) is 0 Å². The summed E-state index contributed by atoms with van der Waals surface area (Å²) < 4.78 is 18.2. The van der Waals surface area contributed by atoms with E-state index in [0.717, 1.165) is 11.4 Å². The third kappa shape index (κ3) is 4.17. The van der Waals surface area contributed by atoms with Crippen molar-refractivity contribution in [3.8, 4) is 11.4 Å². The van der Waals surface area contributed by atoms with Gasteiger partial charge in [-0.3, -0.25) is 0 Å². The van der Waals surface area contributed by atoms with Crippen molar-refractivity contribution in [2.45, 2.75) is 33.2 Å². The summed E-state index contributed by atoms with van der Waals surface area (Å²) in [4.78, 5) is 8.26. The van der Waals surface area contributed by atoms with Crippen LogP contribution >= 0.6 is 0 Å². The molecule has 3 aromatic rings. The Balaban J connectivity index is 1.59. The highest BCUT2D eigenvalue weighted by molar-refractivity contribution is 5.39. The number of rotatable bonds is 7. The van der Waals surface area contributed by atoms with Gasteiger partial charge in [0.1, 0.15) is 12.4 Å². The first kappa shape index (κ1) is 15.2. The molecule has 7 heteroatoms. The summed E-state index contributed by atoms with van der Waals surface area (Å²) in [6.07, 6.45) is 5.46. The molecule has 0 bridgehead atoms. The minimum absolute atomic E-state index is 0.124. The van der Waals surface area contributed by atoms with E-state index in [1.807, 2.05) is 48.9 Å². The Kier molecular flexibility index (Phi) is 4.68. The van der Waals surface area contributed by atoms with Crippen LogP contribution in [0.4, 0.5) is 0 Å². The maximum atomic E-state index is 5.70.